The average Bonchev–Trinajstić information content (AvgIpc) is 3.26. The second-order valence-electron chi connectivity index (χ2n) is 7.87. The molecule has 23 heavy (non-hydrogen) atoms. The van der Waals surface area contributed by atoms with Crippen LogP contribution in [0, 0.1) is 23.7 Å². The monoisotopic (exact) mass is 312 g/mol. The summed E-state index contributed by atoms with van der Waals surface area (Å²) in [5.41, 5.74) is 1.17. The molecule has 2 aliphatic carbocycles. The first-order valence-corrected chi connectivity index (χ1v) is 9.27. The lowest BCUT2D eigenvalue weighted by Gasteiger charge is -2.22. The Hall–Kier alpha value is -1.35. The standard InChI is InChI=1S/C20H28N2O/c1-14(15-5-3-2-4-6-15)21-20(23)9-10-22-12-18-16-7-8-17(11-16)19(18)13-22/h2-6,14,16-19H,7-13H2,1H3,(H,21,23)/t14-,16-,17+,18-,19+/m1/s1. The van der Waals surface area contributed by atoms with Gasteiger partial charge in [0, 0.05) is 26.1 Å². The van der Waals surface area contributed by atoms with Crippen LogP contribution in [-0.4, -0.2) is 30.4 Å². The van der Waals surface area contributed by atoms with Crippen LogP contribution < -0.4 is 5.32 Å². The lowest BCUT2D eigenvalue weighted by atomic mass is 9.82. The highest BCUT2D eigenvalue weighted by atomic mass is 16.1. The summed E-state index contributed by atoms with van der Waals surface area (Å²) in [5.74, 6) is 4.07. The van der Waals surface area contributed by atoms with E-state index in [0.717, 1.165) is 30.2 Å². The predicted octanol–water partition coefficient (Wildman–Crippen LogP) is 3.23. The molecule has 5 atom stereocenters. The van der Waals surface area contributed by atoms with Crippen LogP contribution in [0.1, 0.15) is 44.2 Å². The van der Waals surface area contributed by atoms with Gasteiger partial charge in [0.05, 0.1) is 6.04 Å². The first kappa shape index (κ1) is 15.2. The second-order valence-corrected chi connectivity index (χ2v) is 7.87. The fraction of sp³-hybridized carbons (Fsp3) is 0.650. The van der Waals surface area contributed by atoms with E-state index in [9.17, 15) is 4.79 Å². The number of amides is 1. The number of rotatable bonds is 5. The molecule has 1 heterocycles. The molecule has 1 aromatic carbocycles. The number of fused-ring (bicyclic) bond motifs is 5. The van der Waals surface area contributed by atoms with Crippen molar-refractivity contribution in [3.05, 3.63) is 35.9 Å². The Kier molecular flexibility index (Phi) is 4.14. The molecule has 3 heteroatoms. The molecule has 0 unspecified atom stereocenters. The molecule has 1 saturated heterocycles. The molecule has 1 amide bonds. The van der Waals surface area contributed by atoms with Gasteiger partial charge in [0.25, 0.3) is 0 Å². The van der Waals surface area contributed by atoms with Gasteiger partial charge in [-0.25, -0.2) is 0 Å². The maximum Gasteiger partial charge on any atom is 0.221 e. The molecule has 1 aromatic rings. The average molecular weight is 312 g/mol. The van der Waals surface area contributed by atoms with Crippen molar-refractivity contribution in [3.8, 4) is 0 Å². The second kappa shape index (κ2) is 6.27. The molecule has 124 valence electrons. The van der Waals surface area contributed by atoms with E-state index < -0.39 is 0 Å². The fourth-order valence-electron chi connectivity index (χ4n) is 5.35. The van der Waals surface area contributed by atoms with Crippen molar-refractivity contribution in [1.29, 1.82) is 0 Å². The van der Waals surface area contributed by atoms with Gasteiger partial charge < -0.3 is 10.2 Å². The van der Waals surface area contributed by atoms with Crippen LogP contribution in [0.15, 0.2) is 30.3 Å². The van der Waals surface area contributed by atoms with Gasteiger partial charge in [-0.2, -0.15) is 0 Å². The summed E-state index contributed by atoms with van der Waals surface area (Å²) in [5, 5.41) is 3.13. The maximum absolute atomic E-state index is 12.2. The summed E-state index contributed by atoms with van der Waals surface area (Å²) in [4.78, 5) is 14.8. The molecule has 3 fully saturated rings. The van der Waals surface area contributed by atoms with E-state index in [1.165, 1.54) is 37.9 Å². The van der Waals surface area contributed by atoms with Crippen molar-refractivity contribution in [3.63, 3.8) is 0 Å². The van der Waals surface area contributed by atoms with Gasteiger partial charge in [-0.05, 0) is 55.4 Å². The molecule has 0 spiro atoms. The number of hydrogen-bond donors (Lipinski definition) is 1. The highest BCUT2D eigenvalue weighted by Gasteiger charge is 2.51. The van der Waals surface area contributed by atoms with Crippen molar-refractivity contribution in [1.82, 2.24) is 10.2 Å². The summed E-state index contributed by atoms with van der Waals surface area (Å²) in [6.45, 7) is 5.48. The summed E-state index contributed by atoms with van der Waals surface area (Å²) in [6, 6.07) is 10.3. The summed E-state index contributed by atoms with van der Waals surface area (Å²) in [7, 11) is 0. The highest BCUT2D eigenvalue weighted by molar-refractivity contribution is 5.76. The lowest BCUT2D eigenvalue weighted by molar-refractivity contribution is -0.122. The minimum absolute atomic E-state index is 0.0949. The molecule has 0 aromatic heterocycles. The number of benzene rings is 1. The van der Waals surface area contributed by atoms with Gasteiger partial charge in [-0.15, -0.1) is 0 Å². The van der Waals surface area contributed by atoms with Crippen LogP contribution in [0.4, 0.5) is 0 Å². The van der Waals surface area contributed by atoms with Crippen molar-refractivity contribution in [2.45, 2.75) is 38.6 Å². The quantitative estimate of drug-likeness (QED) is 0.905. The van der Waals surface area contributed by atoms with Gasteiger partial charge in [-0.1, -0.05) is 30.3 Å². The van der Waals surface area contributed by atoms with Gasteiger partial charge in [0.2, 0.25) is 5.91 Å². The highest BCUT2D eigenvalue weighted by Crippen LogP contribution is 2.55. The van der Waals surface area contributed by atoms with Crippen LogP contribution in [0.3, 0.4) is 0 Å². The summed E-state index contributed by atoms with van der Waals surface area (Å²) < 4.78 is 0. The molecule has 1 aliphatic heterocycles. The number of hydrogen-bond acceptors (Lipinski definition) is 2. The van der Waals surface area contributed by atoms with Crippen molar-refractivity contribution in [2.24, 2.45) is 23.7 Å². The zero-order chi connectivity index (χ0) is 15.8. The Balaban J connectivity index is 1.23. The Morgan fingerprint density at radius 3 is 2.48 bits per heavy atom. The molecule has 2 bridgehead atoms. The number of nitrogens with zero attached hydrogens (tertiary/aromatic N) is 1. The van der Waals surface area contributed by atoms with Crippen molar-refractivity contribution < 1.29 is 4.79 Å². The first-order valence-electron chi connectivity index (χ1n) is 9.27. The van der Waals surface area contributed by atoms with E-state index in [4.69, 9.17) is 0 Å². The number of carbonyl (C=O) groups is 1. The topological polar surface area (TPSA) is 32.3 Å². The van der Waals surface area contributed by atoms with E-state index in [0.29, 0.717) is 6.42 Å². The molecule has 0 radical (unpaired) electrons. The summed E-state index contributed by atoms with van der Waals surface area (Å²) >= 11 is 0. The molecule has 3 nitrogen and oxygen atoms in total. The Morgan fingerprint density at radius 2 is 1.83 bits per heavy atom. The third-order valence-corrected chi connectivity index (χ3v) is 6.54. The van der Waals surface area contributed by atoms with E-state index in [1.54, 1.807) is 0 Å². The minimum atomic E-state index is 0.0949. The summed E-state index contributed by atoms with van der Waals surface area (Å²) in [6.07, 6.45) is 5.06. The van der Waals surface area contributed by atoms with Gasteiger partial charge in [-0.3, -0.25) is 4.79 Å². The third-order valence-electron chi connectivity index (χ3n) is 6.54. The molecule has 1 N–H and O–H groups in total. The molecule has 4 rings (SSSR count). The Bertz CT molecular complexity index is 540. The van der Waals surface area contributed by atoms with Crippen molar-refractivity contribution >= 4 is 5.91 Å². The molecule has 2 saturated carbocycles. The van der Waals surface area contributed by atoms with Crippen LogP contribution in [-0.2, 0) is 4.79 Å². The van der Waals surface area contributed by atoms with E-state index in [2.05, 4.69) is 29.3 Å². The fourth-order valence-corrected chi connectivity index (χ4v) is 5.35. The zero-order valence-electron chi connectivity index (χ0n) is 14.1. The number of likely N-dealkylation sites (tertiary alicyclic amines) is 1. The largest absolute Gasteiger partial charge is 0.350 e. The van der Waals surface area contributed by atoms with Gasteiger partial charge in [0.1, 0.15) is 0 Å². The van der Waals surface area contributed by atoms with E-state index >= 15 is 0 Å². The number of carbonyl (C=O) groups excluding carboxylic acids is 1. The Labute approximate surface area is 139 Å². The van der Waals surface area contributed by atoms with Crippen LogP contribution in [0.25, 0.3) is 0 Å². The van der Waals surface area contributed by atoms with Crippen LogP contribution in [0.5, 0.6) is 0 Å². The smallest absolute Gasteiger partial charge is 0.221 e. The maximum atomic E-state index is 12.2. The lowest BCUT2D eigenvalue weighted by Crippen LogP contribution is -2.32. The van der Waals surface area contributed by atoms with Gasteiger partial charge in [0.15, 0.2) is 0 Å². The van der Waals surface area contributed by atoms with E-state index in [-0.39, 0.29) is 11.9 Å². The Morgan fingerprint density at radius 1 is 1.17 bits per heavy atom. The SMILES string of the molecule is C[C@@H](NC(=O)CCN1C[C@@H]2[C@@H]3CC[C@@H](C3)[C@@H]2C1)c1ccccc1. The minimum Gasteiger partial charge on any atom is -0.350 e. The van der Waals surface area contributed by atoms with Crippen LogP contribution in [0.2, 0.25) is 0 Å². The zero-order valence-corrected chi connectivity index (χ0v) is 14.1. The number of nitrogens with one attached hydrogen (secondary N) is 1. The van der Waals surface area contributed by atoms with Crippen LogP contribution >= 0.6 is 0 Å². The first-order chi connectivity index (χ1) is 11.2. The van der Waals surface area contributed by atoms with E-state index in [1.807, 2.05) is 18.2 Å². The van der Waals surface area contributed by atoms with Gasteiger partial charge >= 0.3 is 0 Å². The van der Waals surface area contributed by atoms with Crippen molar-refractivity contribution in [2.75, 3.05) is 19.6 Å². The molecular formula is C20H28N2O. The molecule has 3 aliphatic rings. The third kappa shape index (κ3) is 3.03. The normalized spacial score (nSPS) is 33.6. The molecular weight excluding hydrogens is 284 g/mol. The predicted molar refractivity (Wildman–Crippen MR) is 91.9 cm³/mol.